The van der Waals surface area contributed by atoms with E-state index in [1.165, 1.54) is 32.2 Å². The standard InChI is InChI=1S/C17H15F2N3O3/c1-9(23)11-7-13(20-8-11)16(24)25-10(2)15-21-12-5-3-4-6-14(12)22(15)17(18)19/h3-8,10,17,20H,1-2H3. The van der Waals surface area contributed by atoms with Crippen LogP contribution in [-0.2, 0) is 4.74 Å². The number of hydrogen-bond acceptors (Lipinski definition) is 4. The van der Waals surface area contributed by atoms with E-state index >= 15 is 0 Å². The van der Waals surface area contributed by atoms with Crippen molar-refractivity contribution < 1.29 is 23.1 Å². The quantitative estimate of drug-likeness (QED) is 0.561. The van der Waals surface area contributed by atoms with Gasteiger partial charge in [0, 0.05) is 11.8 Å². The van der Waals surface area contributed by atoms with Gasteiger partial charge in [-0.25, -0.2) is 9.78 Å². The van der Waals surface area contributed by atoms with Crippen LogP contribution in [0.15, 0.2) is 36.5 Å². The molecule has 8 heteroatoms. The fourth-order valence-corrected chi connectivity index (χ4v) is 2.55. The number of carbonyl (C=O) groups excluding carboxylic acids is 2. The Bertz CT molecular complexity index is 946. The second-order valence-corrected chi connectivity index (χ2v) is 5.51. The van der Waals surface area contributed by atoms with Crippen LogP contribution in [0.2, 0.25) is 0 Å². The lowest BCUT2D eigenvalue weighted by atomic mass is 10.2. The summed E-state index contributed by atoms with van der Waals surface area (Å²) < 4.78 is 32.9. The van der Waals surface area contributed by atoms with Crippen molar-refractivity contribution in [3.05, 3.63) is 53.6 Å². The summed E-state index contributed by atoms with van der Waals surface area (Å²) in [5.41, 5.74) is 1.05. The van der Waals surface area contributed by atoms with Crippen molar-refractivity contribution in [2.45, 2.75) is 26.5 Å². The molecule has 0 amide bonds. The van der Waals surface area contributed by atoms with Gasteiger partial charge in [0.25, 0.3) is 0 Å². The van der Waals surface area contributed by atoms with Crippen molar-refractivity contribution in [1.82, 2.24) is 14.5 Å². The lowest BCUT2D eigenvalue weighted by Crippen LogP contribution is -2.15. The molecule has 130 valence electrons. The van der Waals surface area contributed by atoms with Gasteiger partial charge in [-0.15, -0.1) is 0 Å². The number of fused-ring (bicyclic) bond motifs is 1. The first-order valence-electron chi connectivity index (χ1n) is 7.54. The van der Waals surface area contributed by atoms with Crippen LogP contribution >= 0.6 is 0 Å². The Balaban J connectivity index is 1.89. The maximum absolute atomic E-state index is 13.4. The highest BCUT2D eigenvalue weighted by atomic mass is 19.3. The summed E-state index contributed by atoms with van der Waals surface area (Å²) in [7, 11) is 0. The van der Waals surface area contributed by atoms with Gasteiger partial charge in [0.2, 0.25) is 0 Å². The van der Waals surface area contributed by atoms with E-state index in [1.54, 1.807) is 18.2 Å². The predicted octanol–water partition coefficient (Wildman–Crippen LogP) is 3.88. The minimum Gasteiger partial charge on any atom is -0.450 e. The number of nitrogens with one attached hydrogen (secondary N) is 1. The number of H-pyrrole nitrogens is 1. The van der Waals surface area contributed by atoms with Crippen LogP contribution in [0.4, 0.5) is 8.78 Å². The highest BCUT2D eigenvalue weighted by Gasteiger charge is 2.25. The number of para-hydroxylation sites is 2. The highest BCUT2D eigenvalue weighted by molar-refractivity contribution is 5.97. The largest absolute Gasteiger partial charge is 0.450 e. The Kier molecular flexibility index (Phi) is 4.35. The molecule has 0 radical (unpaired) electrons. The van der Waals surface area contributed by atoms with E-state index in [-0.39, 0.29) is 22.8 Å². The number of aromatic nitrogens is 3. The molecule has 0 aliphatic heterocycles. The van der Waals surface area contributed by atoms with Gasteiger partial charge in [0.05, 0.1) is 11.0 Å². The summed E-state index contributed by atoms with van der Waals surface area (Å²) in [6, 6.07) is 7.81. The third-order valence-corrected chi connectivity index (χ3v) is 3.78. The molecule has 0 bridgehead atoms. The van der Waals surface area contributed by atoms with Crippen LogP contribution in [0, 0.1) is 0 Å². The van der Waals surface area contributed by atoms with Gasteiger partial charge in [-0.2, -0.15) is 8.78 Å². The molecule has 1 unspecified atom stereocenters. The molecule has 2 heterocycles. The summed E-state index contributed by atoms with van der Waals surface area (Å²) >= 11 is 0. The number of halogens is 2. The molecule has 3 aromatic rings. The lowest BCUT2D eigenvalue weighted by molar-refractivity contribution is 0.0228. The Morgan fingerprint density at radius 1 is 1.28 bits per heavy atom. The van der Waals surface area contributed by atoms with Crippen molar-refractivity contribution in [3.63, 3.8) is 0 Å². The smallest absolute Gasteiger partial charge is 0.355 e. The number of Topliss-reactive ketones (excluding diaryl/α,β-unsaturated/α-hetero) is 1. The average molecular weight is 347 g/mol. The van der Waals surface area contributed by atoms with Crippen LogP contribution in [-0.4, -0.2) is 26.3 Å². The zero-order chi connectivity index (χ0) is 18.1. The number of ketones is 1. The third kappa shape index (κ3) is 3.15. The van der Waals surface area contributed by atoms with Crippen LogP contribution < -0.4 is 0 Å². The summed E-state index contributed by atoms with van der Waals surface area (Å²) in [6.07, 6.45) is 0.385. The van der Waals surface area contributed by atoms with E-state index in [0.717, 1.165) is 4.57 Å². The number of alkyl halides is 2. The van der Waals surface area contributed by atoms with E-state index in [2.05, 4.69) is 9.97 Å². The highest BCUT2D eigenvalue weighted by Crippen LogP contribution is 2.28. The fraction of sp³-hybridized carbons (Fsp3) is 0.235. The first-order valence-corrected chi connectivity index (χ1v) is 7.54. The normalized spacial score (nSPS) is 12.5. The van der Waals surface area contributed by atoms with Gasteiger partial charge < -0.3 is 9.72 Å². The minimum atomic E-state index is -2.82. The molecule has 0 fully saturated rings. The molecule has 6 nitrogen and oxygen atoms in total. The number of carbonyl (C=O) groups is 2. The molecule has 1 N–H and O–H groups in total. The number of rotatable bonds is 5. The second kappa shape index (κ2) is 6.46. The zero-order valence-electron chi connectivity index (χ0n) is 13.5. The maximum Gasteiger partial charge on any atom is 0.355 e. The molecular formula is C17H15F2N3O3. The Morgan fingerprint density at radius 2 is 2.00 bits per heavy atom. The first kappa shape index (κ1) is 16.8. The average Bonchev–Trinajstić information content (AvgIpc) is 3.19. The van der Waals surface area contributed by atoms with Crippen LogP contribution in [0.25, 0.3) is 11.0 Å². The number of aromatic amines is 1. The number of nitrogens with zero attached hydrogens (tertiary/aromatic N) is 2. The first-order chi connectivity index (χ1) is 11.9. The van der Waals surface area contributed by atoms with Crippen molar-refractivity contribution >= 4 is 22.8 Å². The van der Waals surface area contributed by atoms with Crippen LogP contribution in [0.3, 0.4) is 0 Å². The van der Waals surface area contributed by atoms with Gasteiger partial charge in [-0.3, -0.25) is 9.36 Å². The van der Waals surface area contributed by atoms with E-state index < -0.39 is 18.6 Å². The Morgan fingerprint density at radius 3 is 2.64 bits per heavy atom. The topological polar surface area (TPSA) is 77.0 Å². The third-order valence-electron chi connectivity index (χ3n) is 3.78. The number of esters is 1. The Hall–Kier alpha value is -3.03. The van der Waals surface area contributed by atoms with Crippen molar-refractivity contribution in [2.24, 2.45) is 0 Å². The zero-order valence-corrected chi connectivity index (χ0v) is 13.5. The van der Waals surface area contributed by atoms with Gasteiger partial charge in [-0.1, -0.05) is 12.1 Å². The number of hydrogen-bond donors (Lipinski definition) is 1. The minimum absolute atomic E-state index is 0.0529. The second-order valence-electron chi connectivity index (χ2n) is 5.51. The van der Waals surface area contributed by atoms with Crippen LogP contribution in [0.1, 0.15) is 53.2 Å². The lowest BCUT2D eigenvalue weighted by Gasteiger charge is -2.14. The Labute approximate surface area is 141 Å². The number of ether oxygens (including phenoxy) is 1. The monoisotopic (exact) mass is 347 g/mol. The summed E-state index contributed by atoms with van der Waals surface area (Å²) in [5, 5.41) is 0. The van der Waals surface area contributed by atoms with Gasteiger partial charge in [-0.05, 0) is 32.0 Å². The van der Waals surface area contributed by atoms with Gasteiger partial charge >= 0.3 is 12.5 Å². The van der Waals surface area contributed by atoms with Crippen molar-refractivity contribution in [2.75, 3.05) is 0 Å². The molecule has 3 rings (SSSR count). The van der Waals surface area contributed by atoms with E-state index in [0.29, 0.717) is 11.1 Å². The number of benzene rings is 1. The molecule has 0 aliphatic carbocycles. The van der Waals surface area contributed by atoms with Crippen molar-refractivity contribution in [3.8, 4) is 0 Å². The summed E-state index contributed by atoms with van der Waals surface area (Å²) in [5.74, 6) is -1.02. The number of imidazole rings is 1. The predicted molar refractivity (Wildman–Crippen MR) is 85.6 cm³/mol. The summed E-state index contributed by atoms with van der Waals surface area (Å²) in [4.78, 5) is 30.2. The van der Waals surface area contributed by atoms with Gasteiger partial charge in [0.15, 0.2) is 17.7 Å². The summed E-state index contributed by atoms with van der Waals surface area (Å²) in [6.45, 7) is 0.0111. The molecule has 1 aromatic carbocycles. The molecule has 0 aliphatic rings. The van der Waals surface area contributed by atoms with E-state index in [9.17, 15) is 18.4 Å². The molecule has 0 saturated heterocycles. The maximum atomic E-state index is 13.4. The molecule has 0 saturated carbocycles. The van der Waals surface area contributed by atoms with Crippen molar-refractivity contribution in [1.29, 1.82) is 0 Å². The van der Waals surface area contributed by atoms with E-state index in [4.69, 9.17) is 4.74 Å². The van der Waals surface area contributed by atoms with E-state index in [1.807, 2.05) is 0 Å². The molecule has 1 atom stereocenters. The molecule has 2 aromatic heterocycles. The molecule has 0 spiro atoms. The molecule has 25 heavy (non-hydrogen) atoms. The SMILES string of the molecule is CC(=O)c1c[nH]c(C(=O)OC(C)c2nc3ccccc3n2C(F)F)c1. The van der Waals surface area contributed by atoms with Gasteiger partial charge in [0.1, 0.15) is 5.69 Å². The fourth-order valence-electron chi connectivity index (χ4n) is 2.55. The molecular weight excluding hydrogens is 332 g/mol. The van der Waals surface area contributed by atoms with Crippen LogP contribution in [0.5, 0.6) is 0 Å².